The molecule has 2 aromatic rings. The molecule has 2 heterocycles. The molecule has 0 aromatic carbocycles. The van der Waals surface area contributed by atoms with E-state index < -0.39 is 0 Å². The Kier molecular flexibility index (Phi) is 4.01. The number of thiophene rings is 1. The third-order valence-electron chi connectivity index (χ3n) is 3.86. The predicted molar refractivity (Wildman–Crippen MR) is 81.5 cm³/mol. The Morgan fingerprint density at radius 1 is 1.40 bits per heavy atom. The highest BCUT2D eigenvalue weighted by Crippen LogP contribution is 2.30. The van der Waals surface area contributed by atoms with Crippen LogP contribution in [0.3, 0.4) is 0 Å². The molecule has 0 bridgehead atoms. The second-order valence-electron chi connectivity index (χ2n) is 5.40. The second-order valence-corrected chi connectivity index (χ2v) is 6.54. The smallest absolute Gasteiger partial charge is 0.180 e. The lowest BCUT2D eigenvalue weighted by Crippen LogP contribution is -2.09. The summed E-state index contributed by atoms with van der Waals surface area (Å²) >= 11 is 1.70. The third-order valence-corrected chi connectivity index (χ3v) is 5.13. The standard InChI is InChI=1S/C16H20N2OS/c1-2-8-18-9-7-17-16(18)11-13(19)15-10-12-5-3-4-6-14(12)20-15/h7,9-10H,2-6,8,11H2,1H3. The van der Waals surface area contributed by atoms with Crippen LogP contribution in [-0.4, -0.2) is 15.3 Å². The van der Waals surface area contributed by atoms with Crippen molar-refractivity contribution in [2.24, 2.45) is 0 Å². The highest BCUT2D eigenvalue weighted by Gasteiger charge is 2.18. The van der Waals surface area contributed by atoms with E-state index in [2.05, 4.69) is 22.5 Å². The van der Waals surface area contributed by atoms with Crippen molar-refractivity contribution in [3.05, 3.63) is 39.6 Å². The van der Waals surface area contributed by atoms with Crippen LogP contribution < -0.4 is 0 Å². The molecule has 0 N–H and O–H groups in total. The molecule has 1 aliphatic carbocycles. The van der Waals surface area contributed by atoms with Gasteiger partial charge in [0.2, 0.25) is 0 Å². The molecule has 4 heteroatoms. The Labute approximate surface area is 123 Å². The minimum Gasteiger partial charge on any atom is -0.335 e. The monoisotopic (exact) mass is 288 g/mol. The van der Waals surface area contributed by atoms with E-state index in [1.807, 2.05) is 6.20 Å². The summed E-state index contributed by atoms with van der Waals surface area (Å²) < 4.78 is 2.09. The molecule has 20 heavy (non-hydrogen) atoms. The quantitative estimate of drug-likeness (QED) is 0.787. The molecule has 0 saturated heterocycles. The van der Waals surface area contributed by atoms with E-state index in [4.69, 9.17) is 0 Å². The zero-order chi connectivity index (χ0) is 13.9. The van der Waals surface area contributed by atoms with Gasteiger partial charge in [-0.1, -0.05) is 6.92 Å². The molecule has 3 nitrogen and oxygen atoms in total. The number of hydrogen-bond acceptors (Lipinski definition) is 3. The number of hydrogen-bond donors (Lipinski definition) is 0. The van der Waals surface area contributed by atoms with Crippen molar-refractivity contribution in [3.8, 4) is 0 Å². The van der Waals surface area contributed by atoms with Crippen molar-refractivity contribution in [3.63, 3.8) is 0 Å². The molecule has 2 aromatic heterocycles. The predicted octanol–water partition coefficient (Wildman–Crippen LogP) is 3.66. The highest BCUT2D eigenvalue weighted by molar-refractivity contribution is 7.14. The Hall–Kier alpha value is -1.42. The molecule has 0 spiro atoms. The Bertz CT molecular complexity index is 588. The Morgan fingerprint density at radius 2 is 2.25 bits per heavy atom. The van der Waals surface area contributed by atoms with Crippen LogP contribution in [0, 0.1) is 0 Å². The zero-order valence-corrected chi connectivity index (χ0v) is 12.7. The molecule has 106 valence electrons. The molecule has 0 aliphatic heterocycles. The number of carbonyl (C=O) groups is 1. The van der Waals surface area contributed by atoms with E-state index >= 15 is 0 Å². The highest BCUT2D eigenvalue weighted by atomic mass is 32.1. The number of rotatable bonds is 5. The summed E-state index contributed by atoms with van der Waals surface area (Å²) in [5.41, 5.74) is 1.40. The summed E-state index contributed by atoms with van der Waals surface area (Å²) in [5.74, 6) is 1.11. The van der Waals surface area contributed by atoms with Gasteiger partial charge in [0.1, 0.15) is 5.82 Å². The Balaban J connectivity index is 1.75. The van der Waals surface area contributed by atoms with Crippen LogP contribution in [-0.2, 0) is 25.8 Å². The number of imidazole rings is 1. The van der Waals surface area contributed by atoms with E-state index in [9.17, 15) is 4.79 Å². The van der Waals surface area contributed by atoms with Crippen molar-refractivity contribution >= 4 is 17.1 Å². The van der Waals surface area contributed by atoms with Gasteiger partial charge in [-0.2, -0.15) is 0 Å². The van der Waals surface area contributed by atoms with Crippen LogP contribution in [0.4, 0.5) is 0 Å². The molecule has 0 atom stereocenters. The molecular formula is C16H20N2OS. The number of Topliss-reactive ketones (excluding diaryl/α,β-unsaturated/α-hetero) is 1. The first-order valence-corrected chi connectivity index (χ1v) is 8.24. The van der Waals surface area contributed by atoms with Gasteiger partial charge >= 0.3 is 0 Å². The molecule has 0 unspecified atom stereocenters. The number of aryl methyl sites for hydroxylation is 3. The number of ketones is 1. The first-order chi connectivity index (χ1) is 9.78. The maximum atomic E-state index is 12.4. The van der Waals surface area contributed by atoms with Gasteiger partial charge < -0.3 is 4.57 Å². The molecule has 0 saturated carbocycles. The fourth-order valence-electron chi connectivity index (χ4n) is 2.81. The van der Waals surface area contributed by atoms with Gasteiger partial charge in [-0.25, -0.2) is 4.98 Å². The van der Waals surface area contributed by atoms with Gasteiger partial charge in [0.25, 0.3) is 0 Å². The van der Waals surface area contributed by atoms with Crippen molar-refractivity contribution in [2.75, 3.05) is 0 Å². The lowest BCUT2D eigenvalue weighted by atomic mass is 9.99. The molecule has 0 radical (unpaired) electrons. The summed E-state index contributed by atoms with van der Waals surface area (Å²) in [6, 6.07) is 2.12. The third kappa shape index (κ3) is 2.70. The van der Waals surface area contributed by atoms with Gasteiger partial charge in [-0.15, -0.1) is 11.3 Å². The van der Waals surface area contributed by atoms with Gasteiger partial charge in [-0.05, 0) is 43.7 Å². The first-order valence-electron chi connectivity index (χ1n) is 7.42. The summed E-state index contributed by atoms with van der Waals surface area (Å²) in [6.07, 6.45) is 10.1. The number of carbonyl (C=O) groups excluding carboxylic acids is 1. The summed E-state index contributed by atoms with van der Waals surface area (Å²) in [5, 5.41) is 0. The molecule has 0 fully saturated rings. The molecular weight excluding hydrogens is 268 g/mol. The largest absolute Gasteiger partial charge is 0.335 e. The van der Waals surface area contributed by atoms with Crippen LogP contribution in [0.2, 0.25) is 0 Å². The van der Waals surface area contributed by atoms with Crippen molar-refractivity contribution < 1.29 is 4.79 Å². The van der Waals surface area contributed by atoms with E-state index in [1.54, 1.807) is 17.5 Å². The fourth-order valence-corrected chi connectivity index (χ4v) is 4.00. The summed E-state index contributed by atoms with van der Waals surface area (Å²) in [7, 11) is 0. The number of nitrogens with zero attached hydrogens (tertiary/aromatic N) is 2. The minimum atomic E-state index is 0.216. The van der Waals surface area contributed by atoms with Crippen LogP contribution >= 0.6 is 11.3 Å². The normalized spacial score (nSPS) is 14.2. The second kappa shape index (κ2) is 5.92. The average molecular weight is 288 g/mol. The maximum Gasteiger partial charge on any atom is 0.180 e. The van der Waals surface area contributed by atoms with Gasteiger partial charge in [-0.3, -0.25) is 4.79 Å². The molecule has 1 aliphatic rings. The average Bonchev–Trinajstić information content (AvgIpc) is 3.06. The number of fused-ring (bicyclic) bond motifs is 1. The maximum absolute atomic E-state index is 12.4. The van der Waals surface area contributed by atoms with E-state index in [0.717, 1.165) is 36.5 Å². The lowest BCUT2D eigenvalue weighted by Gasteiger charge is -2.08. The van der Waals surface area contributed by atoms with E-state index in [-0.39, 0.29) is 5.78 Å². The first kappa shape index (κ1) is 13.6. The van der Waals surface area contributed by atoms with E-state index in [0.29, 0.717) is 6.42 Å². The van der Waals surface area contributed by atoms with Crippen LogP contribution in [0.5, 0.6) is 0 Å². The van der Waals surface area contributed by atoms with Crippen molar-refractivity contribution in [1.82, 2.24) is 9.55 Å². The van der Waals surface area contributed by atoms with Crippen LogP contribution in [0.15, 0.2) is 18.5 Å². The van der Waals surface area contributed by atoms with Crippen LogP contribution in [0.1, 0.15) is 52.1 Å². The topological polar surface area (TPSA) is 34.9 Å². The summed E-state index contributed by atoms with van der Waals surface area (Å²) in [6.45, 7) is 3.07. The zero-order valence-electron chi connectivity index (χ0n) is 11.9. The summed E-state index contributed by atoms with van der Waals surface area (Å²) in [4.78, 5) is 19.1. The van der Waals surface area contributed by atoms with Gasteiger partial charge in [0.15, 0.2) is 5.78 Å². The van der Waals surface area contributed by atoms with Crippen LogP contribution in [0.25, 0.3) is 0 Å². The number of aromatic nitrogens is 2. The van der Waals surface area contributed by atoms with Gasteiger partial charge in [0.05, 0.1) is 11.3 Å². The molecule has 3 rings (SSSR count). The fraction of sp³-hybridized carbons (Fsp3) is 0.500. The Morgan fingerprint density at radius 3 is 3.05 bits per heavy atom. The lowest BCUT2D eigenvalue weighted by molar-refractivity contribution is 0.0993. The minimum absolute atomic E-state index is 0.216. The molecule has 0 amide bonds. The van der Waals surface area contributed by atoms with Crippen molar-refractivity contribution in [2.45, 2.75) is 52.0 Å². The van der Waals surface area contributed by atoms with Gasteiger partial charge in [0, 0.05) is 23.8 Å². The SMILES string of the molecule is CCCn1ccnc1CC(=O)c1cc2c(s1)CCCC2. The van der Waals surface area contributed by atoms with E-state index in [1.165, 1.54) is 23.3 Å². The van der Waals surface area contributed by atoms with Crippen molar-refractivity contribution in [1.29, 1.82) is 0 Å².